The van der Waals surface area contributed by atoms with Gasteiger partial charge in [0.25, 0.3) is 5.91 Å². The van der Waals surface area contributed by atoms with Crippen molar-refractivity contribution in [2.24, 2.45) is 0 Å². The molecule has 1 aromatic rings. The van der Waals surface area contributed by atoms with Crippen molar-refractivity contribution in [3.63, 3.8) is 0 Å². The molecule has 1 N–H and O–H groups in total. The Labute approximate surface area is 146 Å². The lowest BCUT2D eigenvalue weighted by Crippen LogP contribution is -2.38. The number of amides is 2. The standard InChI is InChI=1S/C17H21ClN2O4/c1-12(17(23)19-14-8-6-13(18)7-9-14)24-16(22)11-20-10-4-2-3-5-15(20)21/h6-9,12H,2-5,10-11H2,1H3,(H,19,23). The van der Waals surface area contributed by atoms with Crippen molar-refractivity contribution in [1.29, 1.82) is 0 Å². The normalized spacial score (nSPS) is 16.2. The Hall–Kier alpha value is -2.08. The minimum absolute atomic E-state index is 0.0391. The van der Waals surface area contributed by atoms with E-state index >= 15 is 0 Å². The first-order valence-electron chi connectivity index (χ1n) is 7.99. The third-order valence-corrected chi connectivity index (χ3v) is 4.03. The van der Waals surface area contributed by atoms with E-state index in [2.05, 4.69) is 5.32 Å². The van der Waals surface area contributed by atoms with Gasteiger partial charge in [-0.2, -0.15) is 0 Å². The van der Waals surface area contributed by atoms with E-state index in [9.17, 15) is 14.4 Å². The molecule has 130 valence electrons. The number of anilines is 1. The summed E-state index contributed by atoms with van der Waals surface area (Å²) in [5, 5.41) is 3.21. The minimum Gasteiger partial charge on any atom is -0.451 e. The van der Waals surface area contributed by atoms with E-state index < -0.39 is 18.0 Å². The number of nitrogens with one attached hydrogen (secondary N) is 1. The lowest BCUT2D eigenvalue weighted by Gasteiger charge is -2.20. The van der Waals surface area contributed by atoms with Crippen molar-refractivity contribution in [2.45, 2.75) is 38.7 Å². The smallest absolute Gasteiger partial charge is 0.326 e. The van der Waals surface area contributed by atoms with E-state index in [1.165, 1.54) is 11.8 Å². The summed E-state index contributed by atoms with van der Waals surface area (Å²) < 4.78 is 5.13. The van der Waals surface area contributed by atoms with E-state index in [0.29, 0.717) is 23.7 Å². The van der Waals surface area contributed by atoms with Crippen LogP contribution < -0.4 is 5.32 Å². The summed E-state index contributed by atoms with van der Waals surface area (Å²) in [6.07, 6.45) is 2.22. The van der Waals surface area contributed by atoms with Gasteiger partial charge in [-0.3, -0.25) is 14.4 Å². The SMILES string of the molecule is CC(OC(=O)CN1CCCCCC1=O)C(=O)Nc1ccc(Cl)cc1. The molecule has 0 radical (unpaired) electrons. The fourth-order valence-corrected chi connectivity index (χ4v) is 2.55. The van der Waals surface area contributed by atoms with Crippen LogP contribution in [0.1, 0.15) is 32.6 Å². The number of halogens is 1. The molecule has 6 nitrogen and oxygen atoms in total. The molecule has 1 atom stereocenters. The Morgan fingerprint density at radius 2 is 1.96 bits per heavy atom. The summed E-state index contributed by atoms with van der Waals surface area (Å²) in [7, 11) is 0. The number of rotatable bonds is 5. The number of ether oxygens (including phenoxy) is 1. The minimum atomic E-state index is -0.949. The molecule has 0 aliphatic carbocycles. The van der Waals surface area contributed by atoms with E-state index in [1.54, 1.807) is 24.3 Å². The second-order valence-electron chi connectivity index (χ2n) is 5.75. The van der Waals surface area contributed by atoms with Crippen molar-refractivity contribution >= 4 is 35.1 Å². The van der Waals surface area contributed by atoms with Crippen LogP contribution in [0.5, 0.6) is 0 Å². The van der Waals surface area contributed by atoms with Gasteiger partial charge in [-0.1, -0.05) is 18.0 Å². The molecule has 0 aromatic heterocycles. The van der Waals surface area contributed by atoms with E-state index in [-0.39, 0.29) is 12.5 Å². The maximum absolute atomic E-state index is 12.0. The number of carbonyl (C=O) groups excluding carboxylic acids is 3. The summed E-state index contributed by atoms with van der Waals surface area (Å²) in [6.45, 7) is 1.93. The van der Waals surface area contributed by atoms with Gasteiger partial charge in [0, 0.05) is 23.7 Å². The van der Waals surface area contributed by atoms with Gasteiger partial charge in [0.15, 0.2) is 6.10 Å². The van der Waals surface area contributed by atoms with Crippen LogP contribution in [-0.2, 0) is 19.1 Å². The first-order chi connectivity index (χ1) is 11.5. The summed E-state index contributed by atoms with van der Waals surface area (Å²) in [6, 6.07) is 6.62. The molecule has 1 aliphatic rings. The molecule has 0 bridgehead atoms. The first-order valence-corrected chi connectivity index (χ1v) is 8.37. The molecule has 24 heavy (non-hydrogen) atoms. The fourth-order valence-electron chi connectivity index (χ4n) is 2.43. The largest absolute Gasteiger partial charge is 0.451 e. The third kappa shape index (κ3) is 5.53. The van der Waals surface area contributed by atoms with E-state index in [4.69, 9.17) is 16.3 Å². The average Bonchev–Trinajstić information content (AvgIpc) is 2.74. The number of benzene rings is 1. The number of hydrogen-bond acceptors (Lipinski definition) is 4. The van der Waals surface area contributed by atoms with Crippen molar-refractivity contribution in [1.82, 2.24) is 4.90 Å². The summed E-state index contributed by atoms with van der Waals surface area (Å²) in [4.78, 5) is 37.4. The van der Waals surface area contributed by atoms with E-state index in [0.717, 1.165) is 19.3 Å². The molecular formula is C17H21ClN2O4. The Bertz CT molecular complexity index is 603. The molecule has 7 heteroatoms. The van der Waals surface area contributed by atoms with E-state index in [1.807, 2.05) is 0 Å². The molecule has 0 spiro atoms. The van der Waals surface area contributed by atoms with Gasteiger partial charge in [0.2, 0.25) is 5.91 Å². The molecule has 1 fully saturated rings. The molecule has 2 amide bonds. The first kappa shape index (κ1) is 18.3. The highest BCUT2D eigenvalue weighted by Gasteiger charge is 2.23. The van der Waals surface area contributed by atoms with Gasteiger partial charge < -0.3 is 15.0 Å². The van der Waals surface area contributed by atoms with Crippen LogP contribution in [0.4, 0.5) is 5.69 Å². The monoisotopic (exact) mass is 352 g/mol. The number of carbonyl (C=O) groups is 3. The van der Waals surface area contributed by atoms with Crippen LogP contribution in [0.3, 0.4) is 0 Å². The molecule has 1 aliphatic heterocycles. The molecule has 1 heterocycles. The molecule has 1 aromatic carbocycles. The second-order valence-corrected chi connectivity index (χ2v) is 6.19. The Morgan fingerprint density at radius 1 is 1.25 bits per heavy atom. The van der Waals surface area contributed by atoms with Crippen LogP contribution in [0, 0.1) is 0 Å². The third-order valence-electron chi connectivity index (χ3n) is 3.78. The molecule has 2 rings (SSSR count). The average molecular weight is 353 g/mol. The number of esters is 1. The summed E-state index contributed by atoms with van der Waals surface area (Å²) in [5.74, 6) is -1.06. The quantitative estimate of drug-likeness (QED) is 0.826. The van der Waals surface area contributed by atoms with Gasteiger partial charge in [0.05, 0.1) is 0 Å². The number of likely N-dealkylation sites (tertiary alicyclic amines) is 1. The van der Waals surface area contributed by atoms with Crippen LogP contribution in [-0.4, -0.2) is 41.9 Å². The highest BCUT2D eigenvalue weighted by atomic mass is 35.5. The fraction of sp³-hybridized carbons (Fsp3) is 0.471. The number of nitrogens with zero attached hydrogens (tertiary/aromatic N) is 1. The molecular weight excluding hydrogens is 332 g/mol. The topological polar surface area (TPSA) is 75.7 Å². The van der Waals surface area contributed by atoms with Crippen LogP contribution >= 0.6 is 11.6 Å². The zero-order chi connectivity index (χ0) is 17.5. The van der Waals surface area contributed by atoms with Gasteiger partial charge in [0.1, 0.15) is 6.54 Å². The Morgan fingerprint density at radius 3 is 2.67 bits per heavy atom. The van der Waals surface area contributed by atoms with Gasteiger partial charge in [-0.25, -0.2) is 0 Å². The Kier molecular flexibility index (Phi) is 6.61. The zero-order valence-electron chi connectivity index (χ0n) is 13.6. The van der Waals surface area contributed by atoms with Gasteiger partial charge in [-0.05, 0) is 44.0 Å². The van der Waals surface area contributed by atoms with Crippen molar-refractivity contribution in [3.05, 3.63) is 29.3 Å². The van der Waals surface area contributed by atoms with Crippen LogP contribution in [0.25, 0.3) is 0 Å². The predicted molar refractivity (Wildman–Crippen MR) is 90.7 cm³/mol. The zero-order valence-corrected chi connectivity index (χ0v) is 14.3. The molecule has 0 saturated carbocycles. The van der Waals surface area contributed by atoms with Crippen molar-refractivity contribution < 1.29 is 19.1 Å². The lowest BCUT2D eigenvalue weighted by molar-refractivity contribution is -0.156. The summed E-state index contributed by atoms with van der Waals surface area (Å²) in [5.41, 5.74) is 0.565. The summed E-state index contributed by atoms with van der Waals surface area (Å²) >= 11 is 5.78. The maximum atomic E-state index is 12.0. The number of hydrogen-bond donors (Lipinski definition) is 1. The van der Waals surface area contributed by atoms with Gasteiger partial charge in [-0.15, -0.1) is 0 Å². The van der Waals surface area contributed by atoms with Crippen molar-refractivity contribution in [2.75, 3.05) is 18.4 Å². The Balaban J connectivity index is 1.82. The highest BCUT2D eigenvalue weighted by molar-refractivity contribution is 6.30. The molecule has 1 saturated heterocycles. The highest BCUT2D eigenvalue weighted by Crippen LogP contribution is 2.14. The maximum Gasteiger partial charge on any atom is 0.326 e. The second kappa shape index (κ2) is 8.68. The molecule has 1 unspecified atom stereocenters. The van der Waals surface area contributed by atoms with Crippen LogP contribution in [0.15, 0.2) is 24.3 Å². The van der Waals surface area contributed by atoms with Crippen molar-refractivity contribution in [3.8, 4) is 0 Å². The van der Waals surface area contributed by atoms with Crippen LogP contribution in [0.2, 0.25) is 5.02 Å². The van der Waals surface area contributed by atoms with Gasteiger partial charge >= 0.3 is 5.97 Å². The lowest BCUT2D eigenvalue weighted by atomic mass is 10.2. The predicted octanol–water partition coefficient (Wildman–Crippen LogP) is 2.61.